The monoisotopic (exact) mass is 146 g/mol. The largest absolute Gasteiger partial charge is 0.155 e. The van der Waals surface area contributed by atoms with Gasteiger partial charge in [0.2, 0.25) is 0 Å². The van der Waals surface area contributed by atoms with E-state index in [4.69, 9.17) is 0 Å². The highest BCUT2D eigenvalue weighted by Crippen LogP contribution is 2.22. The molecule has 1 aliphatic rings. The lowest BCUT2D eigenvalue weighted by Crippen LogP contribution is -1.98. The molecule has 1 aliphatic carbocycles. The summed E-state index contributed by atoms with van der Waals surface area (Å²) in [7, 11) is 0. The first-order valence-corrected chi connectivity index (χ1v) is 3.78. The second kappa shape index (κ2) is 2.16. The minimum absolute atomic E-state index is 1.03. The summed E-state index contributed by atoms with van der Waals surface area (Å²) in [5, 5.41) is 8.11. The Labute approximate surface area is 66.0 Å². The molecular formula is C9H10N2. The second-order valence-corrected chi connectivity index (χ2v) is 2.87. The molecule has 1 aromatic rings. The van der Waals surface area contributed by atoms with Gasteiger partial charge in [-0.1, -0.05) is 12.2 Å². The predicted octanol–water partition coefficient (Wildman–Crippen LogP) is 1.66. The summed E-state index contributed by atoms with van der Waals surface area (Å²) < 4.78 is 0. The van der Waals surface area contributed by atoms with Crippen LogP contribution in [0.5, 0.6) is 0 Å². The zero-order valence-corrected chi connectivity index (χ0v) is 6.76. The fourth-order valence-corrected chi connectivity index (χ4v) is 1.45. The molecule has 2 heteroatoms. The molecule has 1 aromatic heterocycles. The molecule has 11 heavy (non-hydrogen) atoms. The van der Waals surface area contributed by atoms with Crippen molar-refractivity contribution in [2.24, 2.45) is 0 Å². The highest BCUT2D eigenvalue weighted by molar-refractivity contribution is 5.62. The number of nitrogens with zero attached hydrogens (tertiary/aromatic N) is 2. The molecule has 1 heterocycles. The van der Waals surface area contributed by atoms with Crippen molar-refractivity contribution in [1.82, 2.24) is 10.2 Å². The first kappa shape index (κ1) is 6.53. The van der Waals surface area contributed by atoms with Crippen molar-refractivity contribution in [2.75, 3.05) is 0 Å². The first-order valence-electron chi connectivity index (χ1n) is 3.78. The van der Waals surface area contributed by atoms with Gasteiger partial charge in [0.25, 0.3) is 0 Å². The molecule has 2 rings (SSSR count). The highest BCUT2D eigenvalue weighted by atomic mass is 15.1. The zero-order valence-electron chi connectivity index (χ0n) is 6.76. The maximum atomic E-state index is 4.06. The van der Waals surface area contributed by atoms with Crippen molar-refractivity contribution < 1.29 is 0 Å². The van der Waals surface area contributed by atoms with Gasteiger partial charge in [-0.2, -0.15) is 10.2 Å². The van der Waals surface area contributed by atoms with Crippen LogP contribution in [0.2, 0.25) is 0 Å². The molecule has 0 bridgehead atoms. The maximum Gasteiger partial charge on any atom is 0.0675 e. The van der Waals surface area contributed by atoms with Crippen LogP contribution in [0, 0.1) is 13.8 Å². The minimum atomic E-state index is 1.03. The highest BCUT2D eigenvalue weighted by Gasteiger charge is 2.11. The molecule has 0 amide bonds. The molecule has 0 radical (unpaired) electrons. The number of fused-ring (bicyclic) bond motifs is 1. The number of rotatable bonds is 0. The van der Waals surface area contributed by atoms with E-state index >= 15 is 0 Å². The van der Waals surface area contributed by atoms with E-state index in [1.165, 1.54) is 11.1 Å². The molecule has 0 aromatic carbocycles. The second-order valence-electron chi connectivity index (χ2n) is 2.87. The number of aromatic nitrogens is 2. The summed E-state index contributed by atoms with van der Waals surface area (Å²) >= 11 is 0. The molecule has 56 valence electrons. The third kappa shape index (κ3) is 0.862. The summed E-state index contributed by atoms with van der Waals surface area (Å²) in [6, 6.07) is 0. The molecule has 0 unspecified atom stereocenters. The molecular weight excluding hydrogens is 136 g/mol. The van der Waals surface area contributed by atoms with E-state index in [9.17, 15) is 0 Å². The van der Waals surface area contributed by atoms with E-state index in [0.29, 0.717) is 0 Å². The summed E-state index contributed by atoms with van der Waals surface area (Å²) in [5.41, 5.74) is 4.73. The molecule has 0 saturated carbocycles. The Balaban J connectivity index is 2.71. The van der Waals surface area contributed by atoms with Gasteiger partial charge in [0.1, 0.15) is 0 Å². The van der Waals surface area contributed by atoms with Gasteiger partial charge in [0.15, 0.2) is 0 Å². The molecule has 0 aliphatic heterocycles. The van der Waals surface area contributed by atoms with Crippen molar-refractivity contribution in [3.05, 3.63) is 28.6 Å². The predicted molar refractivity (Wildman–Crippen MR) is 44.2 cm³/mol. The summed E-state index contributed by atoms with van der Waals surface area (Å²) in [4.78, 5) is 0. The van der Waals surface area contributed by atoms with Gasteiger partial charge in [0.05, 0.1) is 11.4 Å². The lowest BCUT2D eigenvalue weighted by atomic mass is 10.1. The number of allylic oxidation sites excluding steroid dienone is 1. The Hall–Kier alpha value is -1.18. The van der Waals surface area contributed by atoms with Crippen LogP contribution in [-0.4, -0.2) is 10.2 Å². The Kier molecular flexibility index (Phi) is 1.28. The Morgan fingerprint density at radius 1 is 1.18 bits per heavy atom. The summed E-state index contributed by atoms with van der Waals surface area (Å²) in [6.07, 6.45) is 5.32. The number of hydrogen-bond acceptors (Lipinski definition) is 2. The van der Waals surface area contributed by atoms with Crippen LogP contribution in [0.3, 0.4) is 0 Å². The van der Waals surface area contributed by atoms with Crippen LogP contribution in [0.25, 0.3) is 6.08 Å². The first-order chi connectivity index (χ1) is 5.29. The van der Waals surface area contributed by atoms with Gasteiger partial charge < -0.3 is 0 Å². The average molecular weight is 146 g/mol. The fraction of sp³-hybridized carbons (Fsp3) is 0.333. The third-order valence-electron chi connectivity index (χ3n) is 2.11. The van der Waals surface area contributed by atoms with Gasteiger partial charge in [0, 0.05) is 5.56 Å². The van der Waals surface area contributed by atoms with Crippen LogP contribution in [0.15, 0.2) is 6.08 Å². The van der Waals surface area contributed by atoms with Crippen LogP contribution in [0.4, 0.5) is 0 Å². The lowest BCUT2D eigenvalue weighted by molar-refractivity contribution is 0.914. The Morgan fingerprint density at radius 2 is 1.91 bits per heavy atom. The topological polar surface area (TPSA) is 25.8 Å². The van der Waals surface area contributed by atoms with Gasteiger partial charge in [-0.25, -0.2) is 0 Å². The quantitative estimate of drug-likeness (QED) is 0.556. The molecule has 0 fully saturated rings. The van der Waals surface area contributed by atoms with E-state index in [0.717, 1.165) is 17.8 Å². The van der Waals surface area contributed by atoms with Gasteiger partial charge in [-0.15, -0.1) is 0 Å². The summed E-state index contributed by atoms with van der Waals surface area (Å²) in [6.45, 7) is 4.01. The molecule has 0 spiro atoms. The van der Waals surface area contributed by atoms with E-state index in [1.807, 2.05) is 13.8 Å². The van der Waals surface area contributed by atoms with Crippen LogP contribution in [-0.2, 0) is 6.42 Å². The van der Waals surface area contributed by atoms with Crippen LogP contribution in [0.1, 0.15) is 22.5 Å². The molecule has 0 saturated heterocycles. The Bertz CT molecular complexity index is 327. The molecule has 2 nitrogen and oxygen atoms in total. The standard InChI is InChI=1S/C9H10N2/c1-6-8-4-3-5-9(8)7(2)11-10-6/h3-4H,5H2,1-2H3. The Morgan fingerprint density at radius 3 is 2.64 bits per heavy atom. The van der Waals surface area contributed by atoms with E-state index in [1.54, 1.807) is 0 Å². The molecule has 0 N–H and O–H groups in total. The van der Waals surface area contributed by atoms with Crippen molar-refractivity contribution in [3.8, 4) is 0 Å². The minimum Gasteiger partial charge on any atom is -0.155 e. The molecule has 0 atom stereocenters. The van der Waals surface area contributed by atoms with Crippen molar-refractivity contribution in [3.63, 3.8) is 0 Å². The van der Waals surface area contributed by atoms with Gasteiger partial charge >= 0.3 is 0 Å². The number of aryl methyl sites for hydroxylation is 2. The normalized spacial score (nSPS) is 13.6. The lowest BCUT2D eigenvalue weighted by Gasteiger charge is -2.02. The van der Waals surface area contributed by atoms with E-state index in [2.05, 4.69) is 22.3 Å². The van der Waals surface area contributed by atoms with Crippen LogP contribution >= 0.6 is 0 Å². The maximum absolute atomic E-state index is 4.06. The third-order valence-corrected chi connectivity index (χ3v) is 2.11. The van der Waals surface area contributed by atoms with E-state index in [-0.39, 0.29) is 0 Å². The fourth-order valence-electron chi connectivity index (χ4n) is 1.45. The number of hydrogen-bond donors (Lipinski definition) is 0. The van der Waals surface area contributed by atoms with Gasteiger partial charge in [-0.05, 0) is 25.8 Å². The average Bonchev–Trinajstić information content (AvgIpc) is 2.45. The van der Waals surface area contributed by atoms with Crippen molar-refractivity contribution in [2.45, 2.75) is 20.3 Å². The van der Waals surface area contributed by atoms with Crippen molar-refractivity contribution >= 4 is 6.08 Å². The SMILES string of the molecule is Cc1nnc(C)c2c1C=CC2. The smallest absolute Gasteiger partial charge is 0.0675 e. The van der Waals surface area contributed by atoms with Crippen molar-refractivity contribution in [1.29, 1.82) is 0 Å². The zero-order chi connectivity index (χ0) is 7.84. The van der Waals surface area contributed by atoms with Gasteiger partial charge in [-0.3, -0.25) is 0 Å². The summed E-state index contributed by atoms with van der Waals surface area (Å²) in [5.74, 6) is 0. The van der Waals surface area contributed by atoms with Crippen LogP contribution < -0.4 is 0 Å². The van der Waals surface area contributed by atoms with E-state index < -0.39 is 0 Å².